The van der Waals surface area contributed by atoms with E-state index < -0.39 is 23.5 Å². The second kappa shape index (κ2) is 6.86. The number of carbonyl (C=O) groups excluding carboxylic acids is 2. The van der Waals surface area contributed by atoms with E-state index >= 15 is 0 Å². The average Bonchev–Trinajstić information content (AvgIpc) is 2.46. The minimum atomic E-state index is -1.46. The van der Waals surface area contributed by atoms with Gasteiger partial charge in [0.1, 0.15) is 5.54 Å². The lowest BCUT2D eigenvalue weighted by atomic mass is 9.81. The summed E-state index contributed by atoms with van der Waals surface area (Å²) in [7, 11) is 0. The predicted molar refractivity (Wildman–Crippen MR) is 84.6 cm³/mol. The van der Waals surface area contributed by atoms with Crippen LogP contribution in [0, 0.1) is 0 Å². The standard InChI is InChI=1S/C15H18Cl2N2O3/c16-10-6-9(7-11(17)8-10)12(20)13(21)19-15(14(18)22)4-2-1-3-5-15/h6-8,12,20H,1-5H2,(H2,18,22)(H,19,21). The maximum absolute atomic E-state index is 12.3. The summed E-state index contributed by atoms with van der Waals surface area (Å²) in [5, 5.41) is 13.4. The summed E-state index contributed by atoms with van der Waals surface area (Å²) in [6.07, 6.45) is 2.12. The van der Waals surface area contributed by atoms with Crippen LogP contribution in [0.2, 0.25) is 10.0 Å². The first-order chi connectivity index (χ1) is 10.3. The Labute approximate surface area is 138 Å². The van der Waals surface area contributed by atoms with Crippen molar-refractivity contribution >= 4 is 35.0 Å². The summed E-state index contributed by atoms with van der Waals surface area (Å²) < 4.78 is 0. The van der Waals surface area contributed by atoms with Gasteiger partial charge in [-0.3, -0.25) is 9.59 Å². The van der Waals surface area contributed by atoms with E-state index in [1.807, 2.05) is 0 Å². The van der Waals surface area contributed by atoms with Crippen LogP contribution < -0.4 is 11.1 Å². The highest BCUT2D eigenvalue weighted by atomic mass is 35.5. The van der Waals surface area contributed by atoms with Gasteiger partial charge in [-0.1, -0.05) is 42.5 Å². The first kappa shape index (κ1) is 17.1. The maximum Gasteiger partial charge on any atom is 0.254 e. The van der Waals surface area contributed by atoms with Crippen LogP contribution in [0.5, 0.6) is 0 Å². The lowest BCUT2D eigenvalue weighted by Gasteiger charge is -2.35. The molecule has 0 aromatic heterocycles. The Morgan fingerprint density at radius 3 is 2.18 bits per heavy atom. The number of aliphatic hydroxyl groups excluding tert-OH is 1. The Morgan fingerprint density at radius 1 is 1.14 bits per heavy atom. The Bertz CT molecular complexity index is 566. The number of aliphatic hydroxyl groups is 1. The van der Waals surface area contributed by atoms with Gasteiger partial charge in [0, 0.05) is 10.0 Å². The van der Waals surface area contributed by atoms with Gasteiger partial charge >= 0.3 is 0 Å². The van der Waals surface area contributed by atoms with E-state index in [4.69, 9.17) is 28.9 Å². The molecule has 5 nitrogen and oxygen atoms in total. The molecule has 22 heavy (non-hydrogen) atoms. The van der Waals surface area contributed by atoms with Gasteiger partial charge < -0.3 is 16.2 Å². The molecule has 0 radical (unpaired) electrons. The van der Waals surface area contributed by atoms with Gasteiger partial charge in [0.2, 0.25) is 5.91 Å². The molecule has 0 saturated heterocycles. The molecular weight excluding hydrogens is 327 g/mol. The van der Waals surface area contributed by atoms with Gasteiger partial charge in [-0.05, 0) is 36.6 Å². The molecule has 0 aliphatic heterocycles. The van der Waals surface area contributed by atoms with Crippen LogP contribution in [0.15, 0.2) is 18.2 Å². The molecule has 0 heterocycles. The highest BCUT2D eigenvalue weighted by Gasteiger charge is 2.40. The van der Waals surface area contributed by atoms with Crippen LogP contribution in [-0.2, 0) is 9.59 Å². The first-order valence-electron chi connectivity index (χ1n) is 7.10. The van der Waals surface area contributed by atoms with Crippen molar-refractivity contribution in [1.82, 2.24) is 5.32 Å². The highest BCUT2D eigenvalue weighted by molar-refractivity contribution is 6.34. The van der Waals surface area contributed by atoms with Crippen molar-refractivity contribution in [3.05, 3.63) is 33.8 Å². The summed E-state index contributed by atoms with van der Waals surface area (Å²) in [6, 6.07) is 4.41. The number of amides is 2. The van der Waals surface area contributed by atoms with Crippen LogP contribution in [0.25, 0.3) is 0 Å². The van der Waals surface area contributed by atoms with E-state index in [-0.39, 0.29) is 5.56 Å². The molecule has 1 aromatic rings. The Kier molecular flexibility index (Phi) is 5.32. The Balaban J connectivity index is 2.17. The summed E-state index contributed by atoms with van der Waals surface area (Å²) in [5.41, 5.74) is 4.64. The molecule has 7 heteroatoms. The number of hydrogen-bond donors (Lipinski definition) is 3. The SMILES string of the molecule is NC(=O)C1(NC(=O)C(O)c2cc(Cl)cc(Cl)c2)CCCCC1. The van der Waals surface area contributed by atoms with Gasteiger partial charge in [-0.25, -0.2) is 0 Å². The number of primary amides is 1. The van der Waals surface area contributed by atoms with E-state index in [9.17, 15) is 14.7 Å². The average molecular weight is 345 g/mol. The van der Waals surface area contributed by atoms with Gasteiger partial charge in [0.25, 0.3) is 5.91 Å². The fourth-order valence-electron chi connectivity index (χ4n) is 2.78. The van der Waals surface area contributed by atoms with Crippen LogP contribution in [0.4, 0.5) is 0 Å². The van der Waals surface area contributed by atoms with Crippen molar-refractivity contribution in [2.45, 2.75) is 43.7 Å². The van der Waals surface area contributed by atoms with E-state index in [1.54, 1.807) is 0 Å². The smallest absolute Gasteiger partial charge is 0.254 e. The number of nitrogens with two attached hydrogens (primary N) is 1. The minimum absolute atomic E-state index is 0.269. The third kappa shape index (κ3) is 3.72. The Hall–Kier alpha value is -1.30. The van der Waals surface area contributed by atoms with E-state index in [2.05, 4.69) is 5.32 Å². The van der Waals surface area contributed by atoms with Crippen LogP contribution in [0.1, 0.15) is 43.8 Å². The molecule has 120 valence electrons. The number of nitrogens with one attached hydrogen (secondary N) is 1. The molecular formula is C15H18Cl2N2O3. The molecule has 2 rings (SSSR count). The molecule has 1 aromatic carbocycles. The maximum atomic E-state index is 12.3. The molecule has 4 N–H and O–H groups in total. The largest absolute Gasteiger partial charge is 0.378 e. The van der Waals surface area contributed by atoms with Crippen molar-refractivity contribution in [1.29, 1.82) is 0 Å². The van der Waals surface area contributed by atoms with Crippen molar-refractivity contribution in [2.24, 2.45) is 5.73 Å². The third-order valence-electron chi connectivity index (χ3n) is 3.99. The lowest BCUT2D eigenvalue weighted by Crippen LogP contribution is -2.59. The van der Waals surface area contributed by atoms with Crippen molar-refractivity contribution in [2.75, 3.05) is 0 Å². The summed E-state index contributed by atoms with van der Waals surface area (Å²) >= 11 is 11.7. The second-order valence-corrected chi connectivity index (χ2v) is 6.47. The van der Waals surface area contributed by atoms with Crippen molar-refractivity contribution in [3.63, 3.8) is 0 Å². The number of rotatable bonds is 4. The van der Waals surface area contributed by atoms with Gasteiger partial charge in [0.05, 0.1) is 0 Å². The fraction of sp³-hybridized carbons (Fsp3) is 0.467. The number of benzene rings is 1. The zero-order valence-electron chi connectivity index (χ0n) is 11.9. The molecule has 1 atom stereocenters. The van der Waals surface area contributed by atoms with Gasteiger partial charge in [0.15, 0.2) is 6.10 Å². The van der Waals surface area contributed by atoms with Gasteiger partial charge in [-0.15, -0.1) is 0 Å². The predicted octanol–water partition coefficient (Wildman–Crippen LogP) is 2.33. The van der Waals surface area contributed by atoms with E-state index in [1.165, 1.54) is 18.2 Å². The fourth-order valence-corrected chi connectivity index (χ4v) is 3.32. The Morgan fingerprint density at radius 2 is 1.68 bits per heavy atom. The second-order valence-electron chi connectivity index (χ2n) is 5.60. The highest BCUT2D eigenvalue weighted by Crippen LogP contribution is 2.29. The van der Waals surface area contributed by atoms with Crippen LogP contribution >= 0.6 is 23.2 Å². The van der Waals surface area contributed by atoms with Gasteiger partial charge in [-0.2, -0.15) is 0 Å². The molecule has 1 aliphatic rings. The zero-order chi connectivity index (χ0) is 16.3. The number of hydrogen-bond acceptors (Lipinski definition) is 3. The molecule has 1 unspecified atom stereocenters. The molecule has 0 bridgehead atoms. The third-order valence-corrected chi connectivity index (χ3v) is 4.43. The molecule has 1 aliphatic carbocycles. The van der Waals surface area contributed by atoms with E-state index in [0.717, 1.165) is 19.3 Å². The van der Waals surface area contributed by atoms with E-state index in [0.29, 0.717) is 22.9 Å². The topological polar surface area (TPSA) is 92.4 Å². The monoisotopic (exact) mass is 344 g/mol. The minimum Gasteiger partial charge on any atom is -0.378 e. The molecule has 1 fully saturated rings. The van der Waals surface area contributed by atoms with Crippen molar-refractivity contribution in [3.8, 4) is 0 Å². The quantitative estimate of drug-likeness (QED) is 0.782. The van der Waals surface area contributed by atoms with Crippen LogP contribution in [0.3, 0.4) is 0 Å². The molecule has 2 amide bonds. The van der Waals surface area contributed by atoms with Crippen LogP contribution in [-0.4, -0.2) is 22.5 Å². The molecule has 1 saturated carbocycles. The van der Waals surface area contributed by atoms with Crippen molar-refractivity contribution < 1.29 is 14.7 Å². The molecule has 0 spiro atoms. The normalized spacial score (nSPS) is 18.5. The summed E-state index contributed by atoms with van der Waals surface area (Å²) in [4.78, 5) is 24.1. The summed E-state index contributed by atoms with van der Waals surface area (Å²) in [6.45, 7) is 0. The summed E-state index contributed by atoms with van der Waals surface area (Å²) in [5.74, 6) is -1.25. The number of carbonyl (C=O) groups is 2. The lowest BCUT2D eigenvalue weighted by molar-refractivity contribution is -0.138. The zero-order valence-corrected chi connectivity index (χ0v) is 13.5. The first-order valence-corrected chi connectivity index (χ1v) is 7.86. The number of halogens is 2.